The van der Waals surface area contributed by atoms with E-state index in [4.69, 9.17) is 23.2 Å². The van der Waals surface area contributed by atoms with Crippen molar-refractivity contribution in [1.82, 2.24) is 25.4 Å². The Kier molecular flexibility index (Phi) is 9.87. The predicted molar refractivity (Wildman–Crippen MR) is 152 cm³/mol. The number of urea groups is 1. The van der Waals surface area contributed by atoms with Crippen molar-refractivity contribution in [3.05, 3.63) is 57.5 Å². The van der Waals surface area contributed by atoms with Gasteiger partial charge in [-0.2, -0.15) is 0 Å². The van der Waals surface area contributed by atoms with Gasteiger partial charge in [-0.1, -0.05) is 36.2 Å². The lowest BCUT2D eigenvalue weighted by molar-refractivity contribution is 0.0607. The summed E-state index contributed by atoms with van der Waals surface area (Å²) in [4.78, 5) is 23.6. The molecule has 7 nitrogen and oxygen atoms in total. The summed E-state index contributed by atoms with van der Waals surface area (Å²) in [6, 6.07) is 7.60. The minimum Gasteiger partial charge on any atom is -0.353 e. The molecular weight excluding hydrogens is 514 g/mol. The molecule has 10 heteroatoms. The van der Waals surface area contributed by atoms with Crippen LogP contribution in [0.3, 0.4) is 0 Å². The van der Waals surface area contributed by atoms with E-state index in [0.29, 0.717) is 47.3 Å². The molecule has 0 saturated carbocycles. The number of piperidine rings is 1. The molecule has 0 bridgehead atoms. The van der Waals surface area contributed by atoms with Crippen molar-refractivity contribution < 1.29 is 12.0 Å². The molecule has 0 spiro atoms. The number of halogens is 3. The van der Waals surface area contributed by atoms with Crippen LogP contribution in [0, 0.1) is 5.82 Å². The summed E-state index contributed by atoms with van der Waals surface area (Å²) in [5.41, 5.74) is 1.58. The highest BCUT2D eigenvalue weighted by molar-refractivity contribution is 6.33. The molecule has 4 rings (SSSR count). The van der Waals surface area contributed by atoms with Gasteiger partial charge in [-0.25, -0.2) is 14.2 Å². The number of piperazine rings is 1. The number of pyridine rings is 1. The quantitative estimate of drug-likeness (QED) is 0.457. The van der Waals surface area contributed by atoms with Crippen molar-refractivity contribution >= 4 is 35.1 Å². The van der Waals surface area contributed by atoms with Crippen LogP contribution in [0.4, 0.5) is 15.0 Å². The van der Waals surface area contributed by atoms with Crippen LogP contribution in [-0.2, 0) is 13.1 Å². The van der Waals surface area contributed by atoms with E-state index >= 15 is 0 Å². The van der Waals surface area contributed by atoms with E-state index in [1.165, 1.54) is 6.07 Å². The zero-order chi connectivity index (χ0) is 26.4. The Morgan fingerprint density at radius 2 is 1.92 bits per heavy atom. The van der Waals surface area contributed by atoms with Crippen LogP contribution in [0.5, 0.6) is 0 Å². The highest BCUT2D eigenvalue weighted by Gasteiger charge is 2.34. The highest BCUT2D eigenvalue weighted by atomic mass is 35.5. The summed E-state index contributed by atoms with van der Waals surface area (Å²) >= 11 is 12.5. The molecule has 0 aliphatic carbocycles. The van der Waals surface area contributed by atoms with E-state index < -0.39 is 0 Å². The van der Waals surface area contributed by atoms with Crippen LogP contribution in [0.1, 0.15) is 47.1 Å². The summed E-state index contributed by atoms with van der Waals surface area (Å²) in [5.74, 6) is 0.580. The molecular formula is C27H41Cl2FN6O. The first-order valence-electron chi connectivity index (χ1n) is 13.2. The molecule has 1 aromatic heterocycles. The average Bonchev–Trinajstić information content (AvgIpc) is 2.89. The van der Waals surface area contributed by atoms with Crippen LogP contribution in [-0.4, -0.2) is 72.2 Å². The highest BCUT2D eigenvalue weighted by Crippen LogP contribution is 2.30. The minimum atomic E-state index is -0.227. The van der Waals surface area contributed by atoms with Crippen LogP contribution in [0.15, 0.2) is 30.5 Å². The lowest BCUT2D eigenvalue weighted by atomic mass is 9.97. The molecule has 1 atom stereocenters. The van der Waals surface area contributed by atoms with Crippen LogP contribution < -0.4 is 15.5 Å². The fraction of sp³-hybridized carbons (Fsp3) is 0.556. The number of aromatic nitrogens is 1. The molecule has 2 aliphatic heterocycles. The second-order valence-corrected chi connectivity index (χ2v) is 10.7. The van der Waals surface area contributed by atoms with Gasteiger partial charge >= 0.3 is 6.03 Å². The third-order valence-electron chi connectivity index (χ3n) is 7.40. The molecule has 3 heterocycles. The number of benzene rings is 1. The zero-order valence-electron chi connectivity index (χ0n) is 21.7. The molecule has 206 valence electrons. The maximum absolute atomic E-state index is 14.2. The standard InChI is InChI=1S/C27H37Cl2FN6O.2H2/c1-3-22-18-35(26-24(29)13-19(15-32-26)16-33-27(37)31-4-2)11-12-36(22)23-7-9-34(10-8-23)17-20-5-6-21(28)14-25(20)30;;/h5-6,13-15,22-23H,3-4,7-12,16-18H2,1-2H3,(H2,31,33,37);2*1H/t22-;;/m0../s1. The first kappa shape index (κ1) is 27.9. The Labute approximate surface area is 232 Å². The Balaban J connectivity index is 0.00000267. The van der Waals surface area contributed by atoms with Gasteiger partial charge in [0.1, 0.15) is 11.6 Å². The number of carbonyl (C=O) groups excluding carboxylic acids is 1. The van der Waals surface area contributed by atoms with Crippen molar-refractivity contribution in [2.75, 3.05) is 44.2 Å². The topological polar surface area (TPSA) is 63.7 Å². The lowest BCUT2D eigenvalue weighted by Crippen LogP contribution is -2.58. The maximum atomic E-state index is 14.2. The van der Waals surface area contributed by atoms with Crippen LogP contribution in [0.2, 0.25) is 10.0 Å². The fourth-order valence-corrected chi connectivity index (χ4v) is 5.88. The van der Waals surface area contributed by atoms with Gasteiger partial charge in [0, 0.05) is 71.0 Å². The van der Waals surface area contributed by atoms with E-state index in [9.17, 15) is 9.18 Å². The van der Waals surface area contributed by atoms with E-state index in [1.54, 1.807) is 18.3 Å². The van der Waals surface area contributed by atoms with Crippen molar-refractivity contribution in [3.8, 4) is 0 Å². The molecule has 0 unspecified atom stereocenters. The lowest BCUT2D eigenvalue weighted by Gasteiger charge is -2.47. The van der Waals surface area contributed by atoms with Crippen molar-refractivity contribution in [2.24, 2.45) is 0 Å². The Morgan fingerprint density at radius 3 is 2.59 bits per heavy atom. The summed E-state index contributed by atoms with van der Waals surface area (Å²) in [5, 5.41) is 6.57. The summed E-state index contributed by atoms with van der Waals surface area (Å²) < 4.78 is 14.2. The van der Waals surface area contributed by atoms with Gasteiger partial charge in [0.2, 0.25) is 0 Å². The first-order valence-corrected chi connectivity index (χ1v) is 14.0. The molecule has 2 aromatic rings. The van der Waals surface area contributed by atoms with E-state index in [2.05, 4.69) is 37.2 Å². The van der Waals surface area contributed by atoms with Crippen molar-refractivity contribution in [1.29, 1.82) is 0 Å². The van der Waals surface area contributed by atoms with E-state index in [-0.39, 0.29) is 14.7 Å². The Morgan fingerprint density at radius 1 is 1.14 bits per heavy atom. The maximum Gasteiger partial charge on any atom is 0.315 e. The fourth-order valence-electron chi connectivity index (χ4n) is 5.41. The number of amides is 2. The van der Waals surface area contributed by atoms with Gasteiger partial charge in [-0.15, -0.1) is 0 Å². The van der Waals surface area contributed by atoms with Crippen LogP contribution in [0.25, 0.3) is 0 Å². The molecule has 2 N–H and O–H groups in total. The van der Waals surface area contributed by atoms with Gasteiger partial charge in [0.05, 0.1) is 5.02 Å². The average molecular weight is 556 g/mol. The van der Waals surface area contributed by atoms with Crippen molar-refractivity contribution in [2.45, 2.75) is 58.3 Å². The van der Waals surface area contributed by atoms with Crippen molar-refractivity contribution in [3.63, 3.8) is 0 Å². The smallest absolute Gasteiger partial charge is 0.315 e. The normalized spacial score (nSPS) is 19.7. The molecule has 2 saturated heterocycles. The SMILES string of the molecule is CCNC(=O)NCc1cnc(N2CCN(C3CCN(Cc4ccc(Cl)cc4F)CC3)[C@@H](CC)C2)c(Cl)c1.[HH].[HH]. The second-order valence-electron chi connectivity index (χ2n) is 9.85. The summed E-state index contributed by atoms with van der Waals surface area (Å²) in [7, 11) is 0. The third kappa shape index (κ3) is 7.25. The monoisotopic (exact) mass is 554 g/mol. The molecule has 2 aliphatic rings. The number of likely N-dealkylation sites (tertiary alicyclic amines) is 1. The van der Waals surface area contributed by atoms with Crippen LogP contribution >= 0.6 is 23.2 Å². The molecule has 1 aromatic carbocycles. The molecule has 2 fully saturated rings. The number of nitrogens with zero attached hydrogens (tertiary/aromatic N) is 4. The number of hydrogen-bond acceptors (Lipinski definition) is 5. The Hall–Kier alpha value is -2.13. The van der Waals surface area contributed by atoms with Gasteiger partial charge in [0.15, 0.2) is 0 Å². The number of carbonyl (C=O) groups is 1. The predicted octanol–water partition coefficient (Wildman–Crippen LogP) is 5.40. The van der Waals surface area contributed by atoms with E-state index in [1.807, 2.05) is 13.0 Å². The third-order valence-corrected chi connectivity index (χ3v) is 7.92. The second kappa shape index (κ2) is 13.1. The Bertz CT molecular complexity index is 1080. The van der Waals surface area contributed by atoms with Gasteiger partial charge in [0.25, 0.3) is 0 Å². The number of hydrogen-bond donors (Lipinski definition) is 2. The number of anilines is 1. The van der Waals surface area contributed by atoms with Gasteiger partial charge < -0.3 is 15.5 Å². The number of rotatable bonds is 8. The first-order chi connectivity index (χ1) is 17.9. The number of nitrogens with one attached hydrogen (secondary N) is 2. The largest absolute Gasteiger partial charge is 0.353 e. The van der Waals surface area contributed by atoms with Gasteiger partial charge in [-0.3, -0.25) is 9.80 Å². The summed E-state index contributed by atoms with van der Waals surface area (Å²) in [6.45, 7) is 10.4. The molecule has 2 amide bonds. The molecule has 0 radical (unpaired) electrons. The van der Waals surface area contributed by atoms with Gasteiger partial charge in [-0.05, 0) is 63.0 Å². The van der Waals surface area contributed by atoms with E-state index in [0.717, 1.165) is 63.4 Å². The molecule has 37 heavy (non-hydrogen) atoms. The summed E-state index contributed by atoms with van der Waals surface area (Å²) in [6.07, 6.45) is 5.01. The minimum absolute atomic E-state index is 0. The zero-order valence-corrected chi connectivity index (χ0v) is 23.2.